The lowest BCUT2D eigenvalue weighted by molar-refractivity contribution is -0.757. The third kappa shape index (κ3) is 7.15. The van der Waals surface area contributed by atoms with E-state index in [1.165, 1.54) is 18.2 Å². The van der Waals surface area contributed by atoms with Crippen molar-refractivity contribution in [2.75, 3.05) is 19.8 Å². The number of nitrogens with zero attached hydrogens (tertiary/aromatic N) is 1. The van der Waals surface area contributed by atoms with Gasteiger partial charge in [-0.3, -0.25) is 24.0 Å². The van der Waals surface area contributed by atoms with Gasteiger partial charge in [-0.2, -0.15) is 0 Å². The minimum absolute atomic E-state index is 0.0877. The van der Waals surface area contributed by atoms with Crippen LogP contribution in [0, 0.1) is 38.7 Å². The van der Waals surface area contributed by atoms with Gasteiger partial charge in [0.25, 0.3) is 5.09 Å². The van der Waals surface area contributed by atoms with Crippen LogP contribution in [-0.4, -0.2) is 88.8 Å². The summed E-state index contributed by atoms with van der Waals surface area (Å²) in [6.45, 7) is 6.49. The molecule has 0 aliphatic heterocycles. The van der Waals surface area contributed by atoms with E-state index in [2.05, 4.69) is 10.2 Å². The largest absolute Gasteiger partial charge is 0.464 e. The number of carbonyl (C=O) groups excluding carboxylic acids is 6. The molecule has 16 heteroatoms. The molecule has 3 saturated carbocycles. The lowest BCUT2D eigenvalue weighted by Gasteiger charge is -2.62. The zero-order chi connectivity index (χ0) is 37.9. The third-order valence-electron chi connectivity index (χ3n) is 11.5. The SMILES string of the molecule is CCC(=O)O[C@@]1(C(=O)COC(=O)CC(NC(C)=O)C(=O)OCCCCO[N+](=O)[O-])[C@@H](C)C[C@H]2[C@@H]3CCC4=CC(=O)C=C[C@]4(C)[C@@]3(F)[C@@H](O)C[C@@]21C. The summed E-state index contributed by atoms with van der Waals surface area (Å²) in [5.41, 5.74) is -6.04. The fourth-order valence-electron chi connectivity index (χ4n) is 9.18. The number of ether oxygens (including phenoxy) is 3. The first-order chi connectivity index (χ1) is 23.9. The second-order valence-electron chi connectivity index (χ2n) is 14.4. The molecule has 4 rings (SSSR count). The van der Waals surface area contributed by atoms with Crippen molar-refractivity contribution in [2.45, 2.75) is 109 Å². The number of amides is 1. The van der Waals surface area contributed by atoms with Gasteiger partial charge >= 0.3 is 17.9 Å². The van der Waals surface area contributed by atoms with Crippen molar-refractivity contribution in [1.29, 1.82) is 0 Å². The molecule has 9 atom stereocenters. The highest BCUT2D eigenvalue weighted by molar-refractivity contribution is 6.01. The van der Waals surface area contributed by atoms with E-state index in [0.717, 1.165) is 6.92 Å². The van der Waals surface area contributed by atoms with Gasteiger partial charge in [0.05, 0.1) is 25.7 Å². The first-order valence-electron chi connectivity index (χ1n) is 17.3. The van der Waals surface area contributed by atoms with Crippen molar-refractivity contribution >= 4 is 35.4 Å². The first-order valence-corrected chi connectivity index (χ1v) is 17.3. The van der Waals surface area contributed by atoms with Gasteiger partial charge in [-0.05, 0) is 63.5 Å². The molecular weight excluding hydrogens is 675 g/mol. The highest BCUT2D eigenvalue weighted by Crippen LogP contribution is 2.71. The molecule has 51 heavy (non-hydrogen) atoms. The molecule has 0 aromatic rings. The van der Waals surface area contributed by atoms with Crippen molar-refractivity contribution in [3.8, 4) is 0 Å². The number of alkyl halides is 1. The molecule has 282 valence electrons. The number of carbonyl (C=O) groups is 6. The average molecular weight is 723 g/mol. The Morgan fingerprint density at radius 2 is 1.80 bits per heavy atom. The summed E-state index contributed by atoms with van der Waals surface area (Å²) in [4.78, 5) is 91.4. The lowest BCUT2D eigenvalue weighted by atomic mass is 9.44. The van der Waals surface area contributed by atoms with Gasteiger partial charge in [0.15, 0.2) is 23.7 Å². The van der Waals surface area contributed by atoms with Crippen LogP contribution < -0.4 is 5.32 Å². The van der Waals surface area contributed by atoms with Crippen LogP contribution in [0.2, 0.25) is 0 Å². The quantitative estimate of drug-likeness (QED) is 0.0819. The van der Waals surface area contributed by atoms with Crippen molar-refractivity contribution in [1.82, 2.24) is 5.32 Å². The summed E-state index contributed by atoms with van der Waals surface area (Å²) in [6, 6.07) is -1.47. The molecule has 1 amide bonds. The minimum atomic E-state index is -2.19. The van der Waals surface area contributed by atoms with E-state index in [1.54, 1.807) is 27.7 Å². The van der Waals surface area contributed by atoms with Crippen LogP contribution in [0.1, 0.15) is 86.0 Å². The molecule has 0 bridgehead atoms. The summed E-state index contributed by atoms with van der Waals surface area (Å²) in [5.74, 6) is -6.38. The van der Waals surface area contributed by atoms with Crippen LogP contribution in [0.5, 0.6) is 0 Å². The monoisotopic (exact) mass is 722 g/mol. The smallest absolute Gasteiger partial charge is 0.329 e. The number of allylic oxidation sites excluding steroid dienone is 4. The van der Waals surface area contributed by atoms with Gasteiger partial charge in [-0.25, -0.2) is 9.18 Å². The van der Waals surface area contributed by atoms with E-state index in [-0.39, 0.29) is 57.5 Å². The number of nitrogens with one attached hydrogen (secondary N) is 1. The topological polar surface area (TPSA) is 215 Å². The summed E-state index contributed by atoms with van der Waals surface area (Å²) >= 11 is 0. The second kappa shape index (κ2) is 15.2. The molecule has 0 aromatic heterocycles. The molecular formula is C35H47FN2O13. The van der Waals surface area contributed by atoms with Crippen LogP contribution >= 0.6 is 0 Å². The van der Waals surface area contributed by atoms with Crippen molar-refractivity contribution < 1.29 is 62.4 Å². The van der Waals surface area contributed by atoms with Crippen LogP contribution in [-0.2, 0) is 47.8 Å². The fourth-order valence-corrected chi connectivity index (χ4v) is 9.18. The Morgan fingerprint density at radius 1 is 1.12 bits per heavy atom. The Morgan fingerprint density at radius 3 is 2.45 bits per heavy atom. The van der Waals surface area contributed by atoms with Crippen LogP contribution in [0.15, 0.2) is 23.8 Å². The maximum absolute atomic E-state index is 17.7. The van der Waals surface area contributed by atoms with Gasteiger partial charge < -0.3 is 29.5 Å². The van der Waals surface area contributed by atoms with E-state index in [4.69, 9.17) is 14.2 Å². The Hall–Kier alpha value is -4.21. The molecule has 0 spiro atoms. The number of esters is 3. The Balaban J connectivity index is 1.53. The normalized spacial score (nSPS) is 34.1. The van der Waals surface area contributed by atoms with E-state index < -0.39 is 99.7 Å². The van der Waals surface area contributed by atoms with Crippen molar-refractivity contribution in [3.05, 3.63) is 33.9 Å². The van der Waals surface area contributed by atoms with Gasteiger partial charge in [0, 0.05) is 36.0 Å². The standard InChI is InChI=1S/C35H47FN2O13/c1-6-29(43)51-35(28(42)19-49-30(44)17-26(37-21(3)39)31(45)48-13-7-8-14-50-38(46)47)20(2)15-25-24-10-9-22-16-23(40)11-12-32(22,4)34(24,36)27(41)18-33(25,35)5/h11-12,16,20,24-27,41H,6-10,13-15,17-19H2,1-5H3,(H,37,39)/t20-,24-,25-,26?,27-,32-,33-,34-,35+/m0/s1. The van der Waals surface area contributed by atoms with Crippen LogP contribution in [0.4, 0.5) is 4.39 Å². The molecule has 15 nitrogen and oxygen atoms in total. The van der Waals surface area contributed by atoms with Crippen molar-refractivity contribution in [2.24, 2.45) is 28.6 Å². The van der Waals surface area contributed by atoms with Crippen molar-refractivity contribution in [3.63, 3.8) is 0 Å². The number of Topliss-reactive ketones (excluding diaryl/α,β-unsaturated/α-hetero) is 1. The first kappa shape index (κ1) is 39.6. The third-order valence-corrected chi connectivity index (χ3v) is 11.5. The molecule has 4 aliphatic carbocycles. The molecule has 0 saturated heterocycles. The Labute approximate surface area is 294 Å². The number of aliphatic hydroxyl groups excluding tert-OH is 1. The highest BCUT2D eigenvalue weighted by Gasteiger charge is 2.77. The number of hydrogen-bond acceptors (Lipinski definition) is 13. The lowest BCUT2D eigenvalue weighted by Crippen LogP contribution is -2.70. The molecule has 1 unspecified atom stereocenters. The fraction of sp³-hybridized carbons (Fsp3) is 0.714. The second-order valence-corrected chi connectivity index (χ2v) is 14.4. The van der Waals surface area contributed by atoms with E-state index >= 15 is 4.39 Å². The number of fused-ring (bicyclic) bond motifs is 5. The van der Waals surface area contributed by atoms with E-state index in [1.807, 2.05) is 0 Å². The number of rotatable bonds is 15. The Kier molecular flexibility index (Phi) is 11.8. The zero-order valence-corrected chi connectivity index (χ0v) is 29.6. The molecule has 2 N–H and O–H groups in total. The van der Waals surface area contributed by atoms with E-state index in [9.17, 15) is 44.0 Å². The summed E-state index contributed by atoms with van der Waals surface area (Å²) in [5, 5.41) is 23.3. The van der Waals surface area contributed by atoms with Gasteiger partial charge in [-0.1, -0.05) is 32.4 Å². The molecule has 0 radical (unpaired) electrons. The summed E-state index contributed by atoms with van der Waals surface area (Å²) in [6.07, 6.45) is 2.95. The maximum Gasteiger partial charge on any atom is 0.329 e. The number of halogens is 1. The predicted molar refractivity (Wildman–Crippen MR) is 173 cm³/mol. The van der Waals surface area contributed by atoms with Crippen LogP contribution in [0.3, 0.4) is 0 Å². The number of hydrogen-bond donors (Lipinski definition) is 2. The summed E-state index contributed by atoms with van der Waals surface area (Å²) < 4.78 is 34.1. The number of ketones is 2. The van der Waals surface area contributed by atoms with Crippen LogP contribution in [0.25, 0.3) is 0 Å². The maximum atomic E-state index is 17.7. The molecule has 0 aromatic carbocycles. The number of aliphatic hydroxyl groups is 1. The Bertz CT molecular complexity index is 1510. The summed E-state index contributed by atoms with van der Waals surface area (Å²) in [7, 11) is 0. The van der Waals surface area contributed by atoms with Gasteiger partial charge in [0.2, 0.25) is 11.7 Å². The molecule has 3 fully saturated rings. The number of unbranched alkanes of at least 4 members (excludes halogenated alkanes) is 1. The average Bonchev–Trinajstić information content (AvgIpc) is 3.27. The van der Waals surface area contributed by atoms with E-state index in [0.29, 0.717) is 12.0 Å². The highest BCUT2D eigenvalue weighted by atomic mass is 19.1. The predicted octanol–water partition coefficient (Wildman–Crippen LogP) is 2.83. The zero-order valence-electron chi connectivity index (χ0n) is 29.6. The molecule has 0 heterocycles. The van der Waals surface area contributed by atoms with Gasteiger partial charge in [0.1, 0.15) is 6.04 Å². The molecule has 4 aliphatic rings. The van der Waals surface area contributed by atoms with Gasteiger partial charge in [-0.15, -0.1) is 10.1 Å². The minimum Gasteiger partial charge on any atom is -0.464 e.